The molecule has 136 valence electrons. The smallest absolute Gasteiger partial charge is 0.261 e. The Morgan fingerprint density at radius 3 is 2.48 bits per heavy atom. The van der Waals surface area contributed by atoms with Gasteiger partial charge >= 0.3 is 0 Å². The minimum Gasteiger partial charge on any atom is -0.348 e. The number of benzene rings is 1. The second-order valence-electron chi connectivity index (χ2n) is 6.91. The Balaban J connectivity index is 2.17. The molecule has 0 aromatic heterocycles. The lowest BCUT2D eigenvalue weighted by atomic mass is 10.0. The molecule has 6 heteroatoms. The number of hydrogen-bond acceptors (Lipinski definition) is 4. The molecule has 0 bridgehead atoms. The maximum Gasteiger partial charge on any atom is 0.261 e. The second-order valence-corrected chi connectivity index (χ2v) is 6.91. The van der Waals surface area contributed by atoms with Gasteiger partial charge in [-0.1, -0.05) is 27.2 Å². The first-order valence-electron chi connectivity index (χ1n) is 8.90. The number of nitrogens with zero attached hydrogens (tertiary/aromatic N) is 1. The number of carbonyl (C=O) groups excluding carboxylic acids is 3. The number of fused-ring (bicyclic) bond motifs is 1. The van der Waals surface area contributed by atoms with Crippen molar-refractivity contribution in [1.82, 2.24) is 10.2 Å². The molecule has 6 nitrogen and oxygen atoms in total. The lowest BCUT2D eigenvalue weighted by Crippen LogP contribution is -2.41. The zero-order valence-electron chi connectivity index (χ0n) is 15.2. The highest BCUT2D eigenvalue weighted by molar-refractivity contribution is 6.22. The van der Waals surface area contributed by atoms with Gasteiger partial charge in [0.2, 0.25) is 0 Å². The first-order valence-corrected chi connectivity index (χ1v) is 8.90. The number of amides is 3. The van der Waals surface area contributed by atoms with Gasteiger partial charge in [0.25, 0.3) is 17.7 Å². The molecule has 1 heterocycles. The monoisotopic (exact) mass is 345 g/mol. The third-order valence-electron chi connectivity index (χ3n) is 4.34. The molecule has 1 atom stereocenters. The van der Waals surface area contributed by atoms with E-state index in [1.807, 2.05) is 6.92 Å². The van der Waals surface area contributed by atoms with Gasteiger partial charge in [0.05, 0.1) is 11.1 Å². The Bertz CT molecular complexity index is 670. The van der Waals surface area contributed by atoms with Crippen LogP contribution in [0, 0.1) is 5.92 Å². The molecule has 1 aliphatic rings. The number of imide groups is 1. The van der Waals surface area contributed by atoms with Crippen molar-refractivity contribution in [3.8, 4) is 0 Å². The molecule has 0 saturated carbocycles. The van der Waals surface area contributed by atoms with Crippen LogP contribution in [0.1, 0.15) is 71.1 Å². The fourth-order valence-electron chi connectivity index (χ4n) is 3.00. The molecule has 0 radical (unpaired) electrons. The van der Waals surface area contributed by atoms with Crippen LogP contribution in [0.4, 0.5) is 0 Å². The normalized spacial score (nSPS) is 14.8. The van der Waals surface area contributed by atoms with Crippen molar-refractivity contribution in [2.45, 2.75) is 46.1 Å². The van der Waals surface area contributed by atoms with Crippen molar-refractivity contribution in [2.75, 3.05) is 13.1 Å². The zero-order chi connectivity index (χ0) is 18.6. The molecule has 3 amide bonds. The number of nitrogens with two attached hydrogens (primary N) is 1. The van der Waals surface area contributed by atoms with Gasteiger partial charge in [-0.3, -0.25) is 19.3 Å². The Labute approximate surface area is 148 Å². The minimum absolute atomic E-state index is 0.112. The van der Waals surface area contributed by atoms with E-state index in [1.165, 1.54) is 11.0 Å². The standard InChI is InChI=1S/C19H27N3O3/c1-4-5-8-22-18(24)15-7-6-13(10-16(15)19(22)25)17(23)21-14(11-20)9-12(2)3/h6-7,10,12,14H,4-5,8-9,11,20H2,1-3H3,(H,21,23). The average molecular weight is 345 g/mol. The zero-order valence-corrected chi connectivity index (χ0v) is 15.2. The van der Waals surface area contributed by atoms with Gasteiger partial charge in [0, 0.05) is 24.7 Å². The van der Waals surface area contributed by atoms with Crippen LogP contribution in [-0.4, -0.2) is 41.8 Å². The van der Waals surface area contributed by atoms with Crippen molar-refractivity contribution in [2.24, 2.45) is 11.7 Å². The number of nitrogens with one attached hydrogen (secondary N) is 1. The Morgan fingerprint density at radius 1 is 1.20 bits per heavy atom. The summed E-state index contributed by atoms with van der Waals surface area (Å²) in [6.07, 6.45) is 2.46. The molecular weight excluding hydrogens is 318 g/mol. The van der Waals surface area contributed by atoms with Crippen LogP contribution in [0.3, 0.4) is 0 Å². The minimum atomic E-state index is -0.319. The van der Waals surface area contributed by atoms with Gasteiger partial charge in [-0.2, -0.15) is 0 Å². The molecule has 1 unspecified atom stereocenters. The summed E-state index contributed by atoms with van der Waals surface area (Å²) in [7, 11) is 0. The largest absolute Gasteiger partial charge is 0.348 e. The van der Waals surface area contributed by atoms with Gasteiger partial charge in [-0.15, -0.1) is 0 Å². The fraction of sp³-hybridized carbons (Fsp3) is 0.526. The molecular formula is C19H27N3O3. The number of carbonyl (C=O) groups is 3. The summed E-state index contributed by atoms with van der Waals surface area (Å²) >= 11 is 0. The molecule has 2 rings (SSSR count). The average Bonchev–Trinajstić information content (AvgIpc) is 2.82. The van der Waals surface area contributed by atoms with Gasteiger partial charge in [0.1, 0.15) is 0 Å². The quantitative estimate of drug-likeness (QED) is 0.706. The van der Waals surface area contributed by atoms with Crippen LogP contribution >= 0.6 is 0 Å². The summed E-state index contributed by atoms with van der Waals surface area (Å²) in [6, 6.07) is 4.56. The third kappa shape index (κ3) is 4.25. The molecule has 0 spiro atoms. The van der Waals surface area contributed by atoms with Crippen LogP contribution in [0.15, 0.2) is 18.2 Å². The molecule has 0 saturated heterocycles. The van der Waals surface area contributed by atoms with E-state index in [0.717, 1.165) is 19.3 Å². The summed E-state index contributed by atoms with van der Waals surface area (Å²) in [6.45, 7) is 6.91. The van der Waals surface area contributed by atoms with E-state index in [1.54, 1.807) is 12.1 Å². The molecule has 0 fully saturated rings. The van der Waals surface area contributed by atoms with Crippen molar-refractivity contribution >= 4 is 17.7 Å². The van der Waals surface area contributed by atoms with E-state index < -0.39 is 0 Å². The van der Waals surface area contributed by atoms with Crippen LogP contribution in [-0.2, 0) is 0 Å². The predicted molar refractivity (Wildman–Crippen MR) is 96.5 cm³/mol. The molecule has 3 N–H and O–H groups in total. The van der Waals surface area contributed by atoms with Crippen LogP contribution in [0.5, 0.6) is 0 Å². The van der Waals surface area contributed by atoms with Crippen molar-refractivity contribution in [3.63, 3.8) is 0 Å². The van der Waals surface area contributed by atoms with E-state index >= 15 is 0 Å². The molecule has 25 heavy (non-hydrogen) atoms. The van der Waals surface area contributed by atoms with Crippen LogP contribution < -0.4 is 11.1 Å². The molecule has 1 aliphatic heterocycles. The van der Waals surface area contributed by atoms with Crippen molar-refractivity contribution in [1.29, 1.82) is 0 Å². The van der Waals surface area contributed by atoms with E-state index in [4.69, 9.17) is 5.73 Å². The van der Waals surface area contributed by atoms with Gasteiger partial charge in [-0.25, -0.2) is 0 Å². The summed E-state index contributed by atoms with van der Waals surface area (Å²) in [5, 5.41) is 2.90. The number of hydrogen-bond donors (Lipinski definition) is 2. The number of unbranched alkanes of at least 4 members (excludes halogenated alkanes) is 1. The summed E-state index contributed by atoms with van der Waals surface area (Å²) in [5.41, 5.74) is 6.77. The van der Waals surface area contributed by atoms with E-state index in [2.05, 4.69) is 19.2 Å². The molecule has 0 aliphatic carbocycles. The van der Waals surface area contributed by atoms with Crippen LogP contribution in [0.2, 0.25) is 0 Å². The van der Waals surface area contributed by atoms with E-state index in [0.29, 0.717) is 35.7 Å². The van der Waals surface area contributed by atoms with Crippen LogP contribution in [0.25, 0.3) is 0 Å². The Hall–Kier alpha value is -2.21. The highest BCUT2D eigenvalue weighted by Gasteiger charge is 2.35. The van der Waals surface area contributed by atoms with Gasteiger partial charge in [0.15, 0.2) is 0 Å². The predicted octanol–water partition coefficient (Wildman–Crippen LogP) is 2.19. The summed E-state index contributed by atoms with van der Waals surface area (Å²) in [4.78, 5) is 38.5. The topological polar surface area (TPSA) is 92.5 Å². The SMILES string of the molecule is CCCCN1C(=O)c2ccc(C(=O)NC(CN)CC(C)C)cc2C1=O. The summed E-state index contributed by atoms with van der Waals surface area (Å²) < 4.78 is 0. The van der Waals surface area contributed by atoms with Crippen molar-refractivity contribution < 1.29 is 14.4 Å². The summed E-state index contributed by atoms with van der Waals surface area (Å²) in [5.74, 6) is -0.452. The van der Waals surface area contributed by atoms with Crippen molar-refractivity contribution in [3.05, 3.63) is 34.9 Å². The van der Waals surface area contributed by atoms with Gasteiger partial charge < -0.3 is 11.1 Å². The van der Waals surface area contributed by atoms with Gasteiger partial charge in [-0.05, 0) is 37.0 Å². The fourth-order valence-corrected chi connectivity index (χ4v) is 3.00. The maximum atomic E-state index is 12.5. The lowest BCUT2D eigenvalue weighted by molar-refractivity contribution is 0.0652. The lowest BCUT2D eigenvalue weighted by Gasteiger charge is -2.18. The number of rotatable bonds is 8. The Kier molecular flexibility index (Phi) is 6.31. The first-order chi connectivity index (χ1) is 11.9. The molecule has 1 aromatic carbocycles. The van der Waals surface area contributed by atoms with E-state index in [9.17, 15) is 14.4 Å². The second kappa shape index (κ2) is 8.25. The highest BCUT2D eigenvalue weighted by atomic mass is 16.2. The highest BCUT2D eigenvalue weighted by Crippen LogP contribution is 2.24. The maximum absolute atomic E-state index is 12.5. The first kappa shape index (κ1) is 19.1. The Morgan fingerprint density at radius 2 is 1.88 bits per heavy atom. The molecule has 1 aromatic rings. The van der Waals surface area contributed by atoms with E-state index in [-0.39, 0.29) is 23.8 Å². The third-order valence-corrected chi connectivity index (χ3v) is 4.34.